The molecule has 5 nitrogen and oxygen atoms in total. The molecule has 0 unspecified atom stereocenters. The van der Waals surface area contributed by atoms with Gasteiger partial charge in [0.1, 0.15) is 0 Å². The third-order valence-corrected chi connectivity index (χ3v) is 3.13. The Bertz CT molecular complexity index is 459. The summed E-state index contributed by atoms with van der Waals surface area (Å²) in [4.78, 5) is 18.2. The molecule has 0 saturated heterocycles. The lowest BCUT2D eigenvalue weighted by molar-refractivity contribution is -0.120. The van der Waals surface area contributed by atoms with Crippen LogP contribution in [0.5, 0.6) is 0 Å². The van der Waals surface area contributed by atoms with Crippen molar-refractivity contribution in [3.63, 3.8) is 0 Å². The van der Waals surface area contributed by atoms with Gasteiger partial charge in [0.05, 0.1) is 6.54 Å². The summed E-state index contributed by atoms with van der Waals surface area (Å²) in [6, 6.07) is 10.3. The second-order valence-electron chi connectivity index (χ2n) is 5.18. The lowest BCUT2D eigenvalue weighted by atomic mass is 10.2. The summed E-state index contributed by atoms with van der Waals surface area (Å²) in [5.74, 6) is 0.891. The summed E-state index contributed by atoms with van der Waals surface area (Å²) < 4.78 is 0. The number of benzene rings is 1. The van der Waals surface area contributed by atoms with E-state index in [1.54, 1.807) is 0 Å². The van der Waals surface area contributed by atoms with E-state index in [0.717, 1.165) is 32.0 Å². The predicted molar refractivity (Wildman–Crippen MR) is 91.8 cm³/mol. The van der Waals surface area contributed by atoms with Crippen molar-refractivity contribution >= 4 is 11.9 Å². The highest BCUT2D eigenvalue weighted by atomic mass is 16.1. The van der Waals surface area contributed by atoms with Gasteiger partial charge in [-0.15, -0.1) is 0 Å². The third-order valence-electron chi connectivity index (χ3n) is 3.13. The molecule has 0 aromatic heterocycles. The fourth-order valence-electron chi connectivity index (χ4n) is 2.02. The number of guanidine groups is 1. The van der Waals surface area contributed by atoms with Crippen molar-refractivity contribution in [1.29, 1.82) is 0 Å². The van der Waals surface area contributed by atoms with Crippen molar-refractivity contribution in [1.82, 2.24) is 15.5 Å². The normalized spacial score (nSPS) is 11.1. The fraction of sp³-hybridized carbons (Fsp3) is 0.529. The molecular formula is C17H28N4O. The van der Waals surface area contributed by atoms with Gasteiger partial charge < -0.3 is 15.5 Å². The van der Waals surface area contributed by atoms with E-state index < -0.39 is 0 Å². The van der Waals surface area contributed by atoms with E-state index in [9.17, 15) is 4.79 Å². The Labute approximate surface area is 133 Å². The number of amides is 1. The number of carbonyl (C=O) groups excluding carboxylic acids is 1. The maximum Gasteiger partial charge on any atom is 0.221 e. The van der Waals surface area contributed by atoms with Crippen LogP contribution in [0, 0.1) is 0 Å². The molecule has 1 aromatic rings. The zero-order valence-corrected chi connectivity index (χ0v) is 13.9. The SMILES string of the molecule is CCCNC(=O)CCN=C(NCC)N(C)Cc1ccccc1. The van der Waals surface area contributed by atoms with E-state index in [4.69, 9.17) is 0 Å². The largest absolute Gasteiger partial charge is 0.357 e. The van der Waals surface area contributed by atoms with Gasteiger partial charge in [-0.25, -0.2) is 0 Å². The summed E-state index contributed by atoms with van der Waals surface area (Å²) >= 11 is 0. The average Bonchev–Trinajstić information content (AvgIpc) is 2.53. The van der Waals surface area contributed by atoms with E-state index >= 15 is 0 Å². The number of rotatable bonds is 8. The highest BCUT2D eigenvalue weighted by Crippen LogP contribution is 2.03. The van der Waals surface area contributed by atoms with E-state index in [1.165, 1.54) is 5.56 Å². The Morgan fingerprint density at radius 3 is 2.55 bits per heavy atom. The molecule has 0 spiro atoms. The maximum atomic E-state index is 11.6. The van der Waals surface area contributed by atoms with Crippen molar-refractivity contribution < 1.29 is 4.79 Å². The molecule has 2 N–H and O–H groups in total. The second-order valence-corrected chi connectivity index (χ2v) is 5.18. The first-order chi connectivity index (χ1) is 10.7. The molecule has 1 amide bonds. The van der Waals surface area contributed by atoms with E-state index in [-0.39, 0.29) is 5.91 Å². The molecule has 0 bridgehead atoms. The molecule has 122 valence electrons. The first-order valence-corrected chi connectivity index (χ1v) is 7.97. The summed E-state index contributed by atoms with van der Waals surface area (Å²) in [5.41, 5.74) is 1.23. The van der Waals surface area contributed by atoms with Gasteiger partial charge in [0, 0.05) is 33.1 Å². The second kappa shape index (κ2) is 10.7. The van der Waals surface area contributed by atoms with E-state index in [0.29, 0.717) is 13.0 Å². The van der Waals surface area contributed by atoms with Crippen molar-refractivity contribution in [2.45, 2.75) is 33.2 Å². The van der Waals surface area contributed by atoms with Gasteiger partial charge >= 0.3 is 0 Å². The molecule has 5 heteroatoms. The van der Waals surface area contributed by atoms with Gasteiger partial charge in [0.15, 0.2) is 5.96 Å². The van der Waals surface area contributed by atoms with Crippen LogP contribution in [0.4, 0.5) is 0 Å². The smallest absolute Gasteiger partial charge is 0.221 e. The number of hydrogen-bond donors (Lipinski definition) is 2. The molecule has 0 atom stereocenters. The van der Waals surface area contributed by atoms with Gasteiger partial charge in [0.25, 0.3) is 0 Å². The predicted octanol–water partition coefficient (Wildman–Crippen LogP) is 2.00. The highest BCUT2D eigenvalue weighted by Gasteiger charge is 2.06. The van der Waals surface area contributed by atoms with Gasteiger partial charge in [0.2, 0.25) is 5.91 Å². The molecule has 0 aliphatic heterocycles. The number of nitrogens with zero attached hydrogens (tertiary/aromatic N) is 2. The van der Waals surface area contributed by atoms with Crippen LogP contribution in [0.1, 0.15) is 32.3 Å². The number of nitrogens with one attached hydrogen (secondary N) is 2. The van der Waals surface area contributed by atoms with Gasteiger partial charge in [-0.3, -0.25) is 9.79 Å². The summed E-state index contributed by atoms with van der Waals surface area (Å²) in [5, 5.41) is 6.13. The quantitative estimate of drug-likeness (QED) is 0.570. The molecule has 0 heterocycles. The molecule has 0 saturated carbocycles. The minimum absolute atomic E-state index is 0.0622. The van der Waals surface area contributed by atoms with Crippen LogP contribution in [0.2, 0.25) is 0 Å². The Morgan fingerprint density at radius 2 is 1.91 bits per heavy atom. The van der Waals surface area contributed by atoms with Crippen LogP contribution in [0.25, 0.3) is 0 Å². The molecule has 1 aromatic carbocycles. The molecule has 22 heavy (non-hydrogen) atoms. The summed E-state index contributed by atoms with van der Waals surface area (Å²) in [6.45, 7) is 6.91. The fourth-order valence-corrected chi connectivity index (χ4v) is 2.02. The minimum atomic E-state index is 0.0622. The Hall–Kier alpha value is -2.04. The topological polar surface area (TPSA) is 56.7 Å². The van der Waals surface area contributed by atoms with Gasteiger partial charge in [-0.2, -0.15) is 0 Å². The standard InChI is InChI=1S/C17H28N4O/c1-4-12-19-16(22)11-13-20-17(18-5-2)21(3)14-15-9-7-6-8-10-15/h6-10H,4-5,11-14H2,1-3H3,(H,18,20)(H,19,22). The van der Waals surface area contributed by atoms with Crippen LogP contribution < -0.4 is 10.6 Å². The van der Waals surface area contributed by atoms with Crippen LogP contribution in [-0.2, 0) is 11.3 Å². The molecule has 1 rings (SSSR count). The van der Waals surface area contributed by atoms with E-state index in [1.807, 2.05) is 39.1 Å². The zero-order chi connectivity index (χ0) is 16.2. The minimum Gasteiger partial charge on any atom is -0.357 e. The summed E-state index contributed by atoms with van der Waals surface area (Å²) in [6.07, 6.45) is 1.38. The van der Waals surface area contributed by atoms with Crippen molar-refractivity contribution in [3.8, 4) is 0 Å². The summed E-state index contributed by atoms with van der Waals surface area (Å²) in [7, 11) is 2.01. The first kappa shape index (κ1) is 18.0. The van der Waals surface area contributed by atoms with Crippen LogP contribution in [0.15, 0.2) is 35.3 Å². The van der Waals surface area contributed by atoms with Gasteiger partial charge in [-0.05, 0) is 18.9 Å². The molecule has 0 radical (unpaired) electrons. The zero-order valence-electron chi connectivity index (χ0n) is 13.9. The lowest BCUT2D eigenvalue weighted by Gasteiger charge is -2.22. The number of hydrogen-bond acceptors (Lipinski definition) is 2. The molecule has 0 fully saturated rings. The monoisotopic (exact) mass is 304 g/mol. The number of carbonyl (C=O) groups is 1. The molecule has 0 aliphatic rings. The van der Waals surface area contributed by atoms with E-state index in [2.05, 4.69) is 32.7 Å². The Balaban J connectivity index is 2.52. The third kappa shape index (κ3) is 7.11. The lowest BCUT2D eigenvalue weighted by Crippen LogP contribution is -2.38. The maximum absolute atomic E-state index is 11.6. The highest BCUT2D eigenvalue weighted by molar-refractivity contribution is 5.80. The van der Waals surface area contributed by atoms with Crippen LogP contribution in [0.3, 0.4) is 0 Å². The first-order valence-electron chi connectivity index (χ1n) is 7.97. The van der Waals surface area contributed by atoms with Crippen molar-refractivity contribution in [2.24, 2.45) is 4.99 Å². The molecular weight excluding hydrogens is 276 g/mol. The number of aliphatic imine (C=N–C) groups is 1. The Morgan fingerprint density at radius 1 is 1.18 bits per heavy atom. The van der Waals surface area contributed by atoms with Crippen molar-refractivity contribution in [3.05, 3.63) is 35.9 Å². The average molecular weight is 304 g/mol. The van der Waals surface area contributed by atoms with Crippen LogP contribution in [-0.4, -0.2) is 43.4 Å². The van der Waals surface area contributed by atoms with Crippen molar-refractivity contribution in [2.75, 3.05) is 26.7 Å². The van der Waals surface area contributed by atoms with Gasteiger partial charge in [-0.1, -0.05) is 37.3 Å². The molecule has 0 aliphatic carbocycles. The Kier molecular flexibility index (Phi) is 8.72. The van der Waals surface area contributed by atoms with Crippen LogP contribution >= 0.6 is 0 Å².